The zero-order chi connectivity index (χ0) is 19.2. The first kappa shape index (κ1) is 19.9. The summed E-state index contributed by atoms with van der Waals surface area (Å²) in [5.74, 6) is 0.161. The van der Waals surface area contributed by atoms with E-state index in [0.717, 1.165) is 16.5 Å². The van der Waals surface area contributed by atoms with E-state index >= 15 is 0 Å². The molecular weight excluding hydrogens is 428 g/mol. The number of halogens is 2. The van der Waals surface area contributed by atoms with Crippen molar-refractivity contribution >= 4 is 39.3 Å². The normalized spacial score (nSPS) is 14.7. The van der Waals surface area contributed by atoms with Crippen LogP contribution in [0.25, 0.3) is 0 Å². The first-order valence-corrected chi connectivity index (χ1v) is 10.3. The molecule has 0 aromatic heterocycles. The molecule has 1 aliphatic heterocycles. The van der Waals surface area contributed by atoms with Crippen molar-refractivity contribution < 1.29 is 9.59 Å². The number of hydrogen-bond acceptors (Lipinski definition) is 2. The van der Waals surface area contributed by atoms with Gasteiger partial charge in [-0.1, -0.05) is 45.7 Å². The molecule has 0 N–H and O–H groups in total. The van der Waals surface area contributed by atoms with Crippen LogP contribution in [0.5, 0.6) is 0 Å². The Hall–Kier alpha value is -1.85. The number of aryl methyl sites for hydroxylation is 1. The molecule has 2 amide bonds. The van der Waals surface area contributed by atoms with Gasteiger partial charge in [-0.25, -0.2) is 0 Å². The van der Waals surface area contributed by atoms with E-state index in [2.05, 4.69) is 15.9 Å². The minimum Gasteiger partial charge on any atom is -0.341 e. The first-order chi connectivity index (χ1) is 13.0. The highest BCUT2D eigenvalue weighted by Crippen LogP contribution is 2.16. The molecule has 0 saturated carbocycles. The van der Waals surface area contributed by atoms with Crippen LogP contribution >= 0.6 is 27.5 Å². The Kier molecular flexibility index (Phi) is 6.91. The van der Waals surface area contributed by atoms with Gasteiger partial charge >= 0.3 is 0 Å². The van der Waals surface area contributed by atoms with Crippen LogP contribution in [0.1, 0.15) is 28.8 Å². The third kappa shape index (κ3) is 5.56. The van der Waals surface area contributed by atoms with Crippen LogP contribution < -0.4 is 0 Å². The van der Waals surface area contributed by atoms with Crippen molar-refractivity contribution in [3.05, 3.63) is 69.2 Å². The molecule has 0 unspecified atom stereocenters. The summed E-state index contributed by atoms with van der Waals surface area (Å²) in [4.78, 5) is 29.0. The molecule has 142 valence electrons. The number of hydrogen-bond donors (Lipinski definition) is 0. The zero-order valence-electron chi connectivity index (χ0n) is 15.0. The maximum absolute atomic E-state index is 12.7. The molecule has 2 aromatic carbocycles. The Bertz CT molecular complexity index is 810. The number of carbonyl (C=O) groups is 2. The fraction of sp³-hybridized carbons (Fsp3) is 0.333. The van der Waals surface area contributed by atoms with E-state index in [1.807, 2.05) is 58.3 Å². The summed E-state index contributed by atoms with van der Waals surface area (Å²) in [5, 5.41) is 0.702. The van der Waals surface area contributed by atoms with Gasteiger partial charge in [0.25, 0.3) is 5.91 Å². The SMILES string of the molecule is O=C(CCc1ccc(Cl)cc1)N1CCCN(C(=O)c2cccc(Br)c2)CC1. The highest BCUT2D eigenvalue weighted by atomic mass is 79.9. The number of benzene rings is 2. The Morgan fingerprint density at radius 3 is 2.41 bits per heavy atom. The third-order valence-corrected chi connectivity index (χ3v) is 5.49. The van der Waals surface area contributed by atoms with Crippen LogP contribution in [0.2, 0.25) is 5.02 Å². The van der Waals surface area contributed by atoms with Crippen molar-refractivity contribution in [1.82, 2.24) is 9.80 Å². The lowest BCUT2D eigenvalue weighted by Crippen LogP contribution is -2.37. The van der Waals surface area contributed by atoms with E-state index in [1.165, 1.54) is 0 Å². The molecule has 3 rings (SSSR count). The van der Waals surface area contributed by atoms with Crippen LogP contribution in [0, 0.1) is 0 Å². The van der Waals surface area contributed by atoms with Crippen molar-refractivity contribution in [2.24, 2.45) is 0 Å². The molecule has 1 heterocycles. The van der Waals surface area contributed by atoms with Crippen LogP contribution in [0.3, 0.4) is 0 Å². The molecule has 1 saturated heterocycles. The van der Waals surface area contributed by atoms with E-state index in [9.17, 15) is 9.59 Å². The van der Waals surface area contributed by atoms with Crippen molar-refractivity contribution in [2.75, 3.05) is 26.2 Å². The summed E-state index contributed by atoms with van der Waals surface area (Å²) in [5.41, 5.74) is 1.78. The zero-order valence-corrected chi connectivity index (χ0v) is 17.4. The number of amides is 2. The minimum atomic E-state index is 0.0202. The summed E-state index contributed by atoms with van der Waals surface area (Å²) >= 11 is 9.30. The maximum atomic E-state index is 12.7. The van der Waals surface area contributed by atoms with E-state index in [4.69, 9.17) is 11.6 Å². The molecule has 0 bridgehead atoms. The molecule has 0 spiro atoms. The Balaban J connectivity index is 1.53. The fourth-order valence-electron chi connectivity index (χ4n) is 3.23. The Morgan fingerprint density at radius 1 is 0.963 bits per heavy atom. The lowest BCUT2D eigenvalue weighted by Gasteiger charge is -2.22. The third-order valence-electron chi connectivity index (χ3n) is 4.75. The van der Waals surface area contributed by atoms with Gasteiger partial charge in [-0.3, -0.25) is 9.59 Å². The topological polar surface area (TPSA) is 40.6 Å². The Labute approximate surface area is 173 Å². The standard InChI is InChI=1S/C21H22BrClN2O2/c22-18-4-1-3-17(15-18)21(27)25-12-2-11-24(13-14-25)20(26)10-7-16-5-8-19(23)9-6-16/h1,3-6,8-9,15H,2,7,10-14H2. The molecule has 0 atom stereocenters. The summed E-state index contributed by atoms with van der Waals surface area (Å²) < 4.78 is 0.891. The van der Waals surface area contributed by atoms with Crippen molar-refractivity contribution in [2.45, 2.75) is 19.3 Å². The second-order valence-electron chi connectivity index (χ2n) is 6.66. The summed E-state index contributed by atoms with van der Waals surface area (Å²) in [6.07, 6.45) is 1.97. The highest BCUT2D eigenvalue weighted by molar-refractivity contribution is 9.10. The molecule has 0 radical (unpaired) electrons. The minimum absolute atomic E-state index is 0.0202. The highest BCUT2D eigenvalue weighted by Gasteiger charge is 2.22. The molecule has 1 fully saturated rings. The maximum Gasteiger partial charge on any atom is 0.253 e. The van der Waals surface area contributed by atoms with Gasteiger partial charge in [-0.05, 0) is 48.7 Å². The van der Waals surface area contributed by atoms with Gasteiger partial charge in [-0.15, -0.1) is 0 Å². The Morgan fingerprint density at radius 2 is 1.67 bits per heavy atom. The molecule has 6 heteroatoms. The number of rotatable bonds is 4. The monoisotopic (exact) mass is 448 g/mol. The van der Waals surface area contributed by atoms with Crippen LogP contribution in [-0.4, -0.2) is 47.8 Å². The average molecular weight is 450 g/mol. The second kappa shape index (κ2) is 9.38. The first-order valence-electron chi connectivity index (χ1n) is 9.10. The van der Waals surface area contributed by atoms with Crippen LogP contribution in [0.4, 0.5) is 0 Å². The predicted octanol–water partition coefficient (Wildman–Crippen LogP) is 4.41. The summed E-state index contributed by atoms with van der Waals surface area (Å²) in [7, 11) is 0. The van der Waals surface area contributed by atoms with Crippen molar-refractivity contribution in [3.63, 3.8) is 0 Å². The van der Waals surface area contributed by atoms with Crippen LogP contribution in [-0.2, 0) is 11.2 Å². The smallest absolute Gasteiger partial charge is 0.253 e. The molecule has 0 aliphatic carbocycles. The predicted molar refractivity (Wildman–Crippen MR) is 111 cm³/mol. The van der Waals surface area contributed by atoms with Gasteiger partial charge < -0.3 is 9.80 Å². The van der Waals surface area contributed by atoms with E-state index < -0.39 is 0 Å². The number of carbonyl (C=O) groups excluding carboxylic acids is 2. The number of nitrogens with zero attached hydrogens (tertiary/aromatic N) is 2. The fourth-order valence-corrected chi connectivity index (χ4v) is 3.76. The van der Waals surface area contributed by atoms with Gasteiger partial charge in [-0.2, -0.15) is 0 Å². The van der Waals surface area contributed by atoms with Crippen molar-refractivity contribution in [1.29, 1.82) is 0 Å². The lowest BCUT2D eigenvalue weighted by atomic mass is 10.1. The van der Waals surface area contributed by atoms with Crippen molar-refractivity contribution in [3.8, 4) is 0 Å². The molecular formula is C21H22BrClN2O2. The summed E-state index contributed by atoms with van der Waals surface area (Å²) in [6, 6.07) is 15.0. The van der Waals surface area contributed by atoms with Crippen LogP contribution in [0.15, 0.2) is 53.0 Å². The average Bonchev–Trinajstić information content (AvgIpc) is 2.93. The van der Waals surface area contributed by atoms with E-state index in [0.29, 0.717) is 49.6 Å². The lowest BCUT2D eigenvalue weighted by molar-refractivity contribution is -0.131. The van der Waals surface area contributed by atoms with E-state index in [-0.39, 0.29) is 11.8 Å². The van der Waals surface area contributed by atoms with Gasteiger partial charge in [0.15, 0.2) is 0 Å². The van der Waals surface area contributed by atoms with E-state index in [1.54, 1.807) is 0 Å². The van der Waals surface area contributed by atoms with Gasteiger partial charge in [0.05, 0.1) is 0 Å². The summed E-state index contributed by atoms with van der Waals surface area (Å²) in [6.45, 7) is 2.52. The molecule has 27 heavy (non-hydrogen) atoms. The van der Waals surface area contributed by atoms with Gasteiger partial charge in [0.2, 0.25) is 5.91 Å². The van der Waals surface area contributed by atoms with Gasteiger partial charge in [0, 0.05) is 47.7 Å². The largest absolute Gasteiger partial charge is 0.341 e. The molecule has 4 nitrogen and oxygen atoms in total. The van der Waals surface area contributed by atoms with Gasteiger partial charge in [0.1, 0.15) is 0 Å². The quantitative estimate of drug-likeness (QED) is 0.694. The second-order valence-corrected chi connectivity index (χ2v) is 8.02. The molecule has 1 aliphatic rings. The molecule has 2 aromatic rings.